The van der Waals surface area contributed by atoms with E-state index in [0.717, 1.165) is 71.5 Å². The van der Waals surface area contributed by atoms with Crippen LogP contribution in [0, 0.1) is 0 Å². The van der Waals surface area contributed by atoms with Crippen molar-refractivity contribution in [3.63, 3.8) is 0 Å². The molecule has 296 valence electrons. The number of rotatable bonds is 18. The first-order chi connectivity index (χ1) is 27.9. The molecular formula is C45H48N4O8. The van der Waals surface area contributed by atoms with Crippen LogP contribution < -0.4 is 14.8 Å². The molecule has 4 aromatic carbocycles. The molecular weight excluding hydrogens is 725 g/mol. The number of methoxy groups -OCH3 is 3. The van der Waals surface area contributed by atoms with Crippen LogP contribution in [-0.4, -0.2) is 101 Å². The molecule has 1 amide bonds. The molecule has 0 aliphatic carbocycles. The van der Waals surface area contributed by atoms with Crippen molar-refractivity contribution in [3.8, 4) is 22.8 Å². The van der Waals surface area contributed by atoms with E-state index in [1.54, 1.807) is 32.4 Å². The summed E-state index contributed by atoms with van der Waals surface area (Å²) in [6, 6.07) is 29.2. The van der Waals surface area contributed by atoms with Gasteiger partial charge in [0.2, 0.25) is 0 Å². The molecule has 0 bridgehead atoms. The Labute approximate surface area is 332 Å². The summed E-state index contributed by atoms with van der Waals surface area (Å²) < 4.78 is 32.8. The lowest BCUT2D eigenvalue weighted by atomic mass is 9.98. The third-order valence-electron chi connectivity index (χ3n) is 10.1. The maximum absolute atomic E-state index is 13.4. The number of aromatic amines is 1. The Balaban J connectivity index is 0.971. The number of amides is 1. The van der Waals surface area contributed by atoms with Gasteiger partial charge in [-0.2, -0.15) is 0 Å². The predicted molar refractivity (Wildman–Crippen MR) is 219 cm³/mol. The monoisotopic (exact) mass is 772 g/mol. The summed E-state index contributed by atoms with van der Waals surface area (Å²) in [4.78, 5) is 36.6. The fraction of sp³-hybridized carbons (Fsp3) is 0.311. The normalized spacial score (nSPS) is 12.8. The summed E-state index contributed by atoms with van der Waals surface area (Å²) >= 11 is 0. The van der Waals surface area contributed by atoms with Gasteiger partial charge in [-0.25, -0.2) is 9.78 Å². The third kappa shape index (κ3) is 9.78. The van der Waals surface area contributed by atoms with Crippen molar-refractivity contribution in [2.24, 2.45) is 0 Å². The number of aromatic nitrogens is 2. The Morgan fingerprint density at radius 2 is 1.60 bits per heavy atom. The van der Waals surface area contributed by atoms with Crippen LogP contribution >= 0.6 is 0 Å². The first kappa shape index (κ1) is 39.4. The van der Waals surface area contributed by atoms with Crippen LogP contribution in [0.2, 0.25) is 0 Å². The lowest BCUT2D eigenvalue weighted by molar-refractivity contribution is 0.0178. The molecule has 12 nitrogen and oxygen atoms in total. The van der Waals surface area contributed by atoms with E-state index in [1.807, 2.05) is 36.4 Å². The second kappa shape index (κ2) is 18.9. The van der Waals surface area contributed by atoms with Crippen molar-refractivity contribution < 1.29 is 38.0 Å². The average Bonchev–Trinajstić information content (AvgIpc) is 3.68. The predicted octanol–water partition coefficient (Wildman–Crippen LogP) is 7.09. The molecule has 0 unspecified atom stereocenters. The van der Waals surface area contributed by atoms with E-state index in [0.29, 0.717) is 50.8 Å². The lowest BCUT2D eigenvalue weighted by Crippen LogP contribution is -2.32. The SMILES string of the molecule is COCCOCCOCCOc1cc2c(cc1OC)CN(CCc1ccc3[nH]c(-c4ccc(C(=O)OC)c(NC(=O)c5ccc6ccccc6n5)c4)cc3c1)CC2. The van der Waals surface area contributed by atoms with Crippen molar-refractivity contribution in [2.75, 3.05) is 79.4 Å². The molecule has 0 spiro atoms. The van der Waals surface area contributed by atoms with Crippen LogP contribution in [0.1, 0.15) is 37.5 Å². The Kier molecular flexibility index (Phi) is 13.1. The van der Waals surface area contributed by atoms with E-state index < -0.39 is 11.9 Å². The summed E-state index contributed by atoms with van der Waals surface area (Å²) in [5, 5.41) is 4.91. The molecule has 0 atom stereocenters. The van der Waals surface area contributed by atoms with Gasteiger partial charge in [-0.1, -0.05) is 36.4 Å². The van der Waals surface area contributed by atoms with Gasteiger partial charge in [0, 0.05) is 54.3 Å². The van der Waals surface area contributed by atoms with Crippen LogP contribution in [0.3, 0.4) is 0 Å². The van der Waals surface area contributed by atoms with Crippen LogP contribution in [0.5, 0.6) is 11.5 Å². The van der Waals surface area contributed by atoms with E-state index in [-0.39, 0.29) is 11.3 Å². The quantitative estimate of drug-likeness (QED) is 0.0690. The fourth-order valence-electron chi connectivity index (χ4n) is 7.02. The molecule has 1 aliphatic heterocycles. The second-order valence-electron chi connectivity index (χ2n) is 13.8. The number of para-hydroxylation sites is 1. The molecule has 0 saturated heterocycles. The molecule has 0 saturated carbocycles. The standard InChI is InChI=1S/C45H48N4O8/c1-52-18-19-55-20-21-56-22-23-57-43-27-32-15-17-49(29-35(32)28-42(43)53-2)16-14-30-8-12-38-34(24-30)26-40(47-38)33-9-11-36(45(51)54-3)41(25-33)48-44(50)39-13-10-31-6-4-5-7-37(31)46-39/h4-13,24-28,47H,14-23,29H2,1-3H3,(H,48,50). The molecule has 2 aromatic heterocycles. The first-order valence-electron chi connectivity index (χ1n) is 19.1. The highest BCUT2D eigenvalue weighted by Gasteiger charge is 2.21. The number of anilines is 1. The van der Waals surface area contributed by atoms with E-state index in [2.05, 4.69) is 56.6 Å². The zero-order chi connectivity index (χ0) is 39.6. The molecule has 12 heteroatoms. The summed E-state index contributed by atoms with van der Waals surface area (Å²) in [5.74, 6) is 0.493. The maximum atomic E-state index is 13.4. The van der Waals surface area contributed by atoms with Crippen LogP contribution in [0.15, 0.2) is 91.0 Å². The van der Waals surface area contributed by atoms with Gasteiger partial charge in [-0.15, -0.1) is 0 Å². The number of hydrogen-bond acceptors (Lipinski definition) is 10. The highest BCUT2D eigenvalue weighted by atomic mass is 16.6. The van der Waals surface area contributed by atoms with Crippen LogP contribution in [0.4, 0.5) is 5.69 Å². The Bertz CT molecular complexity index is 2340. The van der Waals surface area contributed by atoms with Crippen molar-refractivity contribution >= 4 is 39.4 Å². The van der Waals surface area contributed by atoms with Gasteiger partial charge in [-0.3, -0.25) is 9.69 Å². The van der Waals surface area contributed by atoms with E-state index in [4.69, 9.17) is 28.4 Å². The fourth-order valence-corrected chi connectivity index (χ4v) is 7.02. The summed E-state index contributed by atoms with van der Waals surface area (Å²) in [5.41, 5.74) is 7.98. The largest absolute Gasteiger partial charge is 0.493 e. The van der Waals surface area contributed by atoms with Gasteiger partial charge in [-0.05, 0) is 84.1 Å². The summed E-state index contributed by atoms with van der Waals surface area (Å²) in [7, 11) is 4.64. The number of benzene rings is 4. The minimum atomic E-state index is -0.548. The first-order valence-corrected chi connectivity index (χ1v) is 19.1. The lowest BCUT2D eigenvalue weighted by Gasteiger charge is -2.29. The van der Waals surface area contributed by atoms with Crippen LogP contribution in [0.25, 0.3) is 33.1 Å². The van der Waals surface area contributed by atoms with Crippen molar-refractivity contribution in [1.29, 1.82) is 0 Å². The van der Waals surface area contributed by atoms with Gasteiger partial charge in [0.1, 0.15) is 12.3 Å². The van der Waals surface area contributed by atoms with Gasteiger partial charge >= 0.3 is 5.97 Å². The zero-order valence-corrected chi connectivity index (χ0v) is 32.6. The van der Waals surface area contributed by atoms with Gasteiger partial charge in [0.25, 0.3) is 5.91 Å². The number of esters is 1. The number of H-pyrrole nitrogens is 1. The van der Waals surface area contributed by atoms with Crippen molar-refractivity contribution in [2.45, 2.75) is 19.4 Å². The smallest absolute Gasteiger partial charge is 0.339 e. The van der Waals surface area contributed by atoms with E-state index in [1.165, 1.54) is 23.8 Å². The number of nitrogens with one attached hydrogen (secondary N) is 2. The summed E-state index contributed by atoms with van der Waals surface area (Å²) in [6.45, 7) is 5.77. The van der Waals surface area contributed by atoms with E-state index >= 15 is 0 Å². The molecule has 3 heterocycles. The van der Waals surface area contributed by atoms with Crippen molar-refractivity contribution in [1.82, 2.24) is 14.9 Å². The number of fused-ring (bicyclic) bond motifs is 3. The Morgan fingerprint density at radius 3 is 2.42 bits per heavy atom. The maximum Gasteiger partial charge on any atom is 0.339 e. The highest BCUT2D eigenvalue weighted by molar-refractivity contribution is 6.08. The van der Waals surface area contributed by atoms with Gasteiger partial charge < -0.3 is 38.7 Å². The molecule has 2 N–H and O–H groups in total. The molecule has 1 aliphatic rings. The summed E-state index contributed by atoms with van der Waals surface area (Å²) in [6.07, 6.45) is 1.83. The van der Waals surface area contributed by atoms with Gasteiger partial charge in [0.15, 0.2) is 11.5 Å². The Morgan fingerprint density at radius 1 is 0.789 bits per heavy atom. The average molecular weight is 773 g/mol. The number of nitrogens with zero attached hydrogens (tertiary/aromatic N) is 2. The number of carbonyl (C=O) groups is 2. The molecule has 57 heavy (non-hydrogen) atoms. The molecule has 0 fully saturated rings. The number of carbonyl (C=O) groups excluding carboxylic acids is 2. The van der Waals surface area contributed by atoms with E-state index in [9.17, 15) is 9.59 Å². The number of ether oxygens (including phenoxy) is 6. The molecule has 6 aromatic rings. The van der Waals surface area contributed by atoms with Crippen LogP contribution in [-0.2, 0) is 38.3 Å². The minimum absolute atomic E-state index is 0.245. The van der Waals surface area contributed by atoms with Gasteiger partial charge in [0.05, 0.1) is 64.0 Å². The number of hydrogen-bond donors (Lipinski definition) is 2. The van der Waals surface area contributed by atoms with Crippen molar-refractivity contribution in [3.05, 3.63) is 119 Å². The minimum Gasteiger partial charge on any atom is -0.493 e. The zero-order valence-electron chi connectivity index (χ0n) is 32.6. The topological polar surface area (TPSA) is 133 Å². The molecule has 0 radical (unpaired) electrons. The Hall–Kier alpha value is -5.79. The highest BCUT2D eigenvalue weighted by Crippen LogP contribution is 2.34. The molecule has 7 rings (SSSR count). The second-order valence-corrected chi connectivity index (χ2v) is 13.8. The number of pyridine rings is 1. The third-order valence-corrected chi connectivity index (χ3v) is 10.1.